The van der Waals surface area contributed by atoms with Crippen LogP contribution in [0.1, 0.15) is 24.8 Å². The third kappa shape index (κ3) is 3.48. The third-order valence-electron chi connectivity index (χ3n) is 2.93. The van der Waals surface area contributed by atoms with Crippen molar-refractivity contribution >= 4 is 11.9 Å². The molecule has 0 fully saturated rings. The van der Waals surface area contributed by atoms with Gasteiger partial charge in [-0.2, -0.15) is 0 Å². The molecule has 2 N–H and O–H groups in total. The van der Waals surface area contributed by atoms with E-state index in [1.807, 2.05) is 0 Å². The molecule has 18 heavy (non-hydrogen) atoms. The average molecular weight is 252 g/mol. The smallest absolute Gasteiger partial charge is 0.307 e. The molecular weight excluding hydrogens is 236 g/mol. The summed E-state index contributed by atoms with van der Waals surface area (Å²) in [6, 6.07) is 7.00. The fourth-order valence-electron chi connectivity index (χ4n) is 1.82. The van der Waals surface area contributed by atoms with Crippen LogP contribution in [0.3, 0.4) is 0 Å². The monoisotopic (exact) mass is 252 g/mol. The second-order valence-corrected chi connectivity index (χ2v) is 4.11. The van der Waals surface area contributed by atoms with E-state index in [2.05, 4.69) is 0 Å². The van der Waals surface area contributed by atoms with Crippen molar-refractivity contribution in [3.63, 3.8) is 0 Å². The van der Waals surface area contributed by atoms with Crippen molar-refractivity contribution in [2.45, 2.75) is 19.3 Å². The Morgan fingerprint density at radius 3 is 2.50 bits per heavy atom. The molecule has 1 aromatic carbocycles. The van der Waals surface area contributed by atoms with E-state index in [1.54, 1.807) is 31.2 Å². The Morgan fingerprint density at radius 1 is 1.33 bits per heavy atom. The topological polar surface area (TPSA) is 83.8 Å². The van der Waals surface area contributed by atoms with Crippen LogP contribution in [-0.2, 0) is 9.59 Å². The number of carboxylic acids is 2. The van der Waals surface area contributed by atoms with Crippen molar-refractivity contribution in [1.29, 1.82) is 0 Å². The lowest BCUT2D eigenvalue weighted by Gasteiger charge is -2.19. The summed E-state index contributed by atoms with van der Waals surface area (Å²) < 4.78 is 5.06. The van der Waals surface area contributed by atoms with E-state index in [0.29, 0.717) is 5.75 Å². The second kappa shape index (κ2) is 6.05. The first-order chi connectivity index (χ1) is 8.45. The first kappa shape index (κ1) is 14.0. The zero-order valence-electron chi connectivity index (χ0n) is 10.3. The Morgan fingerprint density at radius 2 is 2.00 bits per heavy atom. The number of methoxy groups -OCH3 is 1. The van der Waals surface area contributed by atoms with Gasteiger partial charge in [0.2, 0.25) is 0 Å². The largest absolute Gasteiger partial charge is 0.497 e. The van der Waals surface area contributed by atoms with Gasteiger partial charge in [-0.1, -0.05) is 19.1 Å². The molecule has 1 rings (SSSR count). The summed E-state index contributed by atoms with van der Waals surface area (Å²) >= 11 is 0. The minimum atomic E-state index is -1.11. The molecule has 1 aromatic rings. The molecule has 2 atom stereocenters. The van der Waals surface area contributed by atoms with E-state index in [0.717, 1.165) is 5.56 Å². The van der Waals surface area contributed by atoms with Crippen LogP contribution in [0.25, 0.3) is 0 Å². The predicted molar refractivity (Wildman–Crippen MR) is 64.8 cm³/mol. The summed E-state index contributed by atoms with van der Waals surface area (Å²) in [5, 5.41) is 17.8. The van der Waals surface area contributed by atoms with E-state index in [1.165, 1.54) is 7.11 Å². The number of benzene rings is 1. The van der Waals surface area contributed by atoms with E-state index < -0.39 is 30.2 Å². The Bertz CT molecular complexity index is 441. The highest BCUT2D eigenvalue weighted by molar-refractivity contribution is 5.78. The number of carbonyl (C=O) groups is 2. The molecule has 0 aromatic heterocycles. The first-order valence-corrected chi connectivity index (χ1v) is 5.54. The van der Waals surface area contributed by atoms with Gasteiger partial charge in [0.05, 0.1) is 19.4 Å². The van der Waals surface area contributed by atoms with Gasteiger partial charge in [0.25, 0.3) is 0 Å². The van der Waals surface area contributed by atoms with Crippen LogP contribution >= 0.6 is 0 Å². The van der Waals surface area contributed by atoms with E-state index >= 15 is 0 Å². The molecule has 0 aliphatic heterocycles. The Kier molecular flexibility index (Phi) is 4.71. The Hall–Kier alpha value is -2.04. The van der Waals surface area contributed by atoms with Gasteiger partial charge in [-0.3, -0.25) is 9.59 Å². The summed E-state index contributed by atoms with van der Waals surface area (Å²) in [6.45, 7) is 1.70. The summed E-state index contributed by atoms with van der Waals surface area (Å²) in [4.78, 5) is 21.8. The second-order valence-electron chi connectivity index (χ2n) is 4.11. The molecule has 0 amide bonds. The van der Waals surface area contributed by atoms with Crippen LogP contribution in [0.5, 0.6) is 5.75 Å². The van der Waals surface area contributed by atoms with Crippen molar-refractivity contribution < 1.29 is 24.5 Å². The minimum Gasteiger partial charge on any atom is -0.497 e. The Labute approximate surface area is 105 Å². The molecule has 0 saturated carbocycles. The number of aliphatic carboxylic acids is 2. The zero-order valence-corrected chi connectivity index (χ0v) is 10.3. The maximum absolute atomic E-state index is 11.1. The lowest BCUT2D eigenvalue weighted by atomic mass is 9.85. The molecule has 0 spiro atoms. The fourth-order valence-corrected chi connectivity index (χ4v) is 1.82. The van der Waals surface area contributed by atoms with Crippen LogP contribution in [-0.4, -0.2) is 29.3 Å². The minimum absolute atomic E-state index is 0.395. The van der Waals surface area contributed by atoms with Gasteiger partial charge in [-0.15, -0.1) is 0 Å². The summed E-state index contributed by atoms with van der Waals surface area (Å²) in [5.74, 6) is -2.94. The third-order valence-corrected chi connectivity index (χ3v) is 2.93. The molecular formula is C13H16O5. The van der Waals surface area contributed by atoms with Gasteiger partial charge in [0.1, 0.15) is 5.75 Å². The van der Waals surface area contributed by atoms with Crippen LogP contribution in [0.15, 0.2) is 24.3 Å². The lowest BCUT2D eigenvalue weighted by Crippen LogP contribution is -2.23. The molecule has 0 aliphatic rings. The molecule has 5 nitrogen and oxygen atoms in total. The van der Waals surface area contributed by atoms with Crippen molar-refractivity contribution in [2.75, 3.05) is 7.11 Å². The number of carboxylic acid groups (broad SMARTS) is 2. The van der Waals surface area contributed by atoms with Crippen molar-refractivity contribution in [2.24, 2.45) is 5.92 Å². The molecule has 0 aliphatic carbocycles. The van der Waals surface area contributed by atoms with Crippen molar-refractivity contribution in [1.82, 2.24) is 0 Å². The summed E-state index contributed by atoms with van der Waals surface area (Å²) in [5.41, 5.74) is 0.753. The predicted octanol–water partition coefficient (Wildman–Crippen LogP) is 1.97. The standard InChI is InChI=1S/C13H16O5/c1-8(11(13(16)17)7-12(14)15)9-4-3-5-10(6-9)18-2/h3-6,8,11H,7H2,1-2H3,(H,14,15)(H,16,17). The van der Waals surface area contributed by atoms with Gasteiger partial charge >= 0.3 is 11.9 Å². The highest BCUT2D eigenvalue weighted by atomic mass is 16.5. The first-order valence-electron chi connectivity index (χ1n) is 5.54. The normalized spacial score (nSPS) is 13.7. The highest BCUT2D eigenvalue weighted by Gasteiger charge is 2.28. The van der Waals surface area contributed by atoms with Gasteiger partial charge in [0, 0.05) is 0 Å². The van der Waals surface area contributed by atoms with Gasteiger partial charge < -0.3 is 14.9 Å². The van der Waals surface area contributed by atoms with Crippen molar-refractivity contribution in [3.8, 4) is 5.75 Å². The zero-order chi connectivity index (χ0) is 13.7. The maximum Gasteiger partial charge on any atom is 0.307 e. The van der Waals surface area contributed by atoms with Crippen LogP contribution < -0.4 is 4.74 Å². The number of rotatable bonds is 6. The summed E-state index contributed by atoms with van der Waals surface area (Å²) in [6.07, 6.45) is -0.395. The molecule has 98 valence electrons. The number of ether oxygens (including phenoxy) is 1. The van der Waals surface area contributed by atoms with Crippen LogP contribution in [0, 0.1) is 5.92 Å². The Balaban J connectivity index is 2.97. The molecule has 0 heterocycles. The lowest BCUT2D eigenvalue weighted by molar-refractivity contribution is -0.149. The molecule has 5 heteroatoms. The summed E-state index contributed by atoms with van der Waals surface area (Å²) in [7, 11) is 1.52. The SMILES string of the molecule is COc1cccc(C(C)C(CC(=O)O)C(=O)O)c1. The van der Waals surface area contributed by atoms with Crippen molar-refractivity contribution in [3.05, 3.63) is 29.8 Å². The highest BCUT2D eigenvalue weighted by Crippen LogP contribution is 2.29. The van der Waals surface area contributed by atoms with E-state index in [9.17, 15) is 9.59 Å². The molecule has 0 saturated heterocycles. The van der Waals surface area contributed by atoms with Crippen LogP contribution in [0.4, 0.5) is 0 Å². The molecule has 0 radical (unpaired) electrons. The molecule has 2 unspecified atom stereocenters. The van der Waals surface area contributed by atoms with Gasteiger partial charge in [-0.05, 0) is 23.6 Å². The van der Waals surface area contributed by atoms with Gasteiger partial charge in [-0.25, -0.2) is 0 Å². The number of hydrogen-bond donors (Lipinski definition) is 2. The van der Waals surface area contributed by atoms with E-state index in [4.69, 9.17) is 14.9 Å². The maximum atomic E-state index is 11.1. The molecule has 0 bridgehead atoms. The van der Waals surface area contributed by atoms with Gasteiger partial charge in [0.15, 0.2) is 0 Å². The van der Waals surface area contributed by atoms with E-state index in [-0.39, 0.29) is 0 Å². The fraction of sp³-hybridized carbons (Fsp3) is 0.385. The quantitative estimate of drug-likeness (QED) is 0.808. The van der Waals surface area contributed by atoms with Crippen LogP contribution in [0.2, 0.25) is 0 Å². The number of hydrogen-bond acceptors (Lipinski definition) is 3. The average Bonchev–Trinajstić information content (AvgIpc) is 2.34.